The summed E-state index contributed by atoms with van der Waals surface area (Å²) in [4.78, 5) is 13.1. The van der Waals surface area contributed by atoms with Crippen molar-refractivity contribution in [2.24, 2.45) is 17.8 Å². The zero-order valence-corrected chi connectivity index (χ0v) is 17.3. The summed E-state index contributed by atoms with van der Waals surface area (Å²) in [5.41, 5.74) is 0.208. The highest BCUT2D eigenvalue weighted by atomic mass is 35.5. The molecule has 0 radical (unpaired) electrons. The lowest BCUT2D eigenvalue weighted by atomic mass is 9.53. The molecule has 5 fully saturated rings. The van der Waals surface area contributed by atoms with Crippen molar-refractivity contribution in [2.75, 3.05) is 5.01 Å². The van der Waals surface area contributed by atoms with E-state index in [2.05, 4.69) is 5.01 Å². The predicted molar refractivity (Wildman–Crippen MR) is 106 cm³/mol. The maximum absolute atomic E-state index is 13.1. The van der Waals surface area contributed by atoms with Crippen LogP contribution in [-0.2, 0) is 4.79 Å². The molecule has 0 N–H and O–H groups in total. The summed E-state index contributed by atoms with van der Waals surface area (Å²) < 4.78 is 0. The number of hydrogen-bond donors (Lipinski definition) is 0. The first kappa shape index (κ1) is 17.5. The summed E-state index contributed by atoms with van der Waals surface area (Å²) in [5.74, 6) is 1.88. The summed E-state index contributed by atoms with van der Waals surface area (Å²) in [6, 6.07) is 5.86. The third-order valence-electron chi connectivity index (χ3n) is 7.07. The smallest absolute Gasteiger partial charge is 0.268 e. The second-order valence-corrected chi connectivity index (χ2v) is 10.8. The Hall–Kier alpha value is -0.640. The molecule has 4 saturated carbocycles. The molecule has 6 heteroatoms. The van der Waals surface area contributed by atoms with E-state index in [4.69, 9.17) is 34.8 Å². The Morgan fingerprint density at radius 3 is 2.35 bits per heavy atom. The fraction of sp³-hybridized carbons (Fsp3) is 0.650. The van der Waals surface area contributed by atoms with Gasteiger partial charge >= 0.3 is 0 Å². The van der Waals surface area contributed by atoms with Gasteiger partial charge in [-0.05, 0) is 75.8 Å². The third kappa shape index (κ3) is 2.23. The number of rotatable bonds is 2. The molecule has 26 heavy (non-hydrogen) atoms. The molecule has 0 unspecified atom stereocenters. The van der Waals surface area contributed by atoms with Crippen LogP contribution in [0.1, 0.15) is 46.0 Å². The first-order valence-corrected chi connectivity index (χ1v) is 10.6. The minimum atomic E-state index is -0.609. The molecule has 1 saturated heterocycles. The largest absolute Gasteiger partial charge is 0.270 e. The second kappa shape index (κ2) is 5.46. The highest BCUT2D eigenvalue weighted by Crippen LogP contribution is 2.61. The zero-order valence-electron chi connectivity index (χ0n) is 15.0. The molecule has 4 aliphatic carbocycles. The first-order chi connectivity index (χ1) is 12.2. The van der Waals surface area contributed by atoms with Gasteiger partial charge in [-0.2, -0.15) is 0 Å². The summed E-state index contributed by atoms with van der Waals surface area (Å²) in [6.07, 6.45) is 5.58. The molecule has 1 amide bonds. The average molecular weight is 414 g/mol. The highest BCUT2D eigenvalue weighted by molar-refractivity contribution is 6.43. The van der Waals surface area contributed by atoms with E-state index in [0.29, 0.717) is 21.9 Å². The van der Waals surface area contributed by atoms with Gasteiger partial charge in [0.05, 0.1) is 21.8 Å². The number of hydrogen-bond acceptors (Lipinski definition) is 2. The number of amides is 1. The predicted octanol–water partition coefficient (Wildman–Crippen LogP) is 5.52. The summed E-state index contributed by atoms with van der Waals surface area (Å²) >= 11 is 19.7. The molecule has 1 aliphatic heterocycles. The molecule has 5 aliphatic rings. The molecule has 1 heterocycles. The van der Waals surface area contributed by atoms with E-state index in [9.17, 15) is 4.79 Å². The van der Waals surface area contributed by atoms with Gasteiger partial charge in [-0.1, -0.05) is 29.3 Å². The van der Waals surface area contributed by atoms with Gasteiger partial charge in [0.1, 0.15) is 5.54 Å². The molecule has 6 rings (SSSR count). The normalized spacial score (nSPS) is 40.1. The van der Waals surface area contributed by atoms with Gasteiger partial charge in [-0.15, -0.1) is 11.6 Å². The van der Waals surface area contributed by atoms with Crippen molar-refractivity contribution in [2.45, 2.75) is 62.4 Å². The van der Waals surface area contributed by atoms with Crippen molar-refractivity contribution in [1.82, 2.24) is 5.01 Å². The Labute approximate surface area is 169 Å². The fourth-order valence-electron chi connectivity index (χ4n) is 6.33. The first-order valence-electron chi connectivity index (χ1n) is 9.48. The number of nitrogens with zero attached hydrogens (tertiary/aromatic N) is 2. The fourth-order valence-corrected chi connectivity index (χ4v) is 7.32. The van der Waals surface area contributed by atoms with E-state index >= 15 is 0 Å². The van der Waals surface area contributed by atoms with Crippen molar-refractivity contribution in [3.05, 3.63) is 28.2 Å². The van der Waals surface area contributed by atoms with Crippen LogP contribution in [0.4, 0.5) is 5.69 Å². The Morgan fingerprint density at radius 1 is 1.08 bits per heavy atom. The number of anilines is 1. The molecule has 3 nitrogen and oxygen atoms in total. The van der Waals surface area contributed by atoms with Crippen molar-refractivity contribution in [3.8, 4) is 0 Å². The van der Waals surface area contributed by atoms with Crippen LogP contribution < -0.4 is 5.01 Å². The highest BCUT2D eigenvalue weighted by Gasteiger charge is 2.63. The SMILES string of the molecule is CC1(C)C(=O)N(C2[C@H]3CC4C[C@H]2CC(Cl)(C4)C3)N1c1cccc(Cl)c1Cl. The van der Waals surface area contributed by atoms with Crippen LogP contribution in [-0.4, -0.2) is 27.4 Å². The monoisotopic (exact) mass is 412 g/mol. The van der Waals surface area contributed by atoms with Crippen LogP contribution in [0.5, 0.6) is 0 Å². The van der Waals surface area contributed by atoms with Crippen molar-refractivity contribution in [3.63, 3.8) is 0 Å². The second-order valence-electron chi connectivity index (χ2n) is 9.20. The zero-order chi connectivity index (χ0) is 18.4. The van der Waals surface area contributed by atoms with Crippen LogP contribution in [0.25, 0.3) is 0 Å². The molecule has 2 atom stereocenters. The third-order valence-corrected chi connectivity index (χ3v) is 8.34. The molecule has 1 aromatic carbocycles. The molecular weight excluding hydrogens is 391 g/mol. The van der Waals surface area contributed by atoms with Crippen molar-refractivity contribution >= 4 is 46.4 Å². The number of hydrazine groups is 1. The number of alkyl halides is 1. The topological polar surface area (TPSA) is 23.6 Å². The van der Waals surface area contributed by atoms with Gasteiger partial charge in [-0.25, -0.2) is 5.01 Å². The molecule has 0 spiro atoms. The molecular formula is C20H23Cl3N2O. The van der Waals surface area contributed by atoms with Gasteiger partial charge in [0.2, 0.25) is 0 Å². The number of halogens is 3. The van der Waals surface area contributed by atoms with Crippen LogP contribution in [0.3, 0.4) is 0 Å². The lowest BCUT2D eigenvalue weighted by molar-refractivity contribution is -0.169. The Bertz CT molecular complexity index is 779. The molecule has 0 aromatic heterocycles. The molecule has 1 aromatic rings. The number of carbonyl (C=O) groups excluding carboxylic acids is 1. The lowest BCUT2D eigenvalue weighted by Gasteiger charge is -2.67. The quantitative estimate of drug-likeness (QED) is 0.596. The Balaban J connectivity index is 1.54. The van der Waals surface area contributed by atoms with Gasteiger partial charge in [0.15, 0.2) is 0 Å². The number of carbonyl (C=O) groups is 1. The van der Waals surface area contributed by atoms with Crippen LogP contribution in [0.2, 0.25) is 10.0 Å². The van der Waals surface area contributed by atoms with Gasteiger partial charge < -0.3 is 0 Å². The van der Waals surface area contributed by atoms with Crippen molar-refractivity contribution in [1.29, 1.82) is 0 Å². The summed E-state index contributed by atoms with van der Waals surface area (Å²) in [7, 11) is 0. The maximum atomic E-state index is 13.1. The minimum absolute atomic E-state index is 0.0328. The van der Waals surface area contributed by atoms with Gasteiger partial charge in [-0.3, -0.25) is 9.80 Å². The van der Waals surface area contributed by atoms with E-state index in [-0.39, 0.29) is 16.8 Å². The van der Waals surface area contributed by atoms with E-state index in [1.54, 1.807) is 6.07 Å². The van der Waals surface area contributed by atoms with E-state index in [1.807, 2.05) is 31.0 Å². The standard InChI is InChI=1S/C20H23Cl3N2O/c1-19(2)18(26)24(25(19)15-5-3-4-14(21)16(15)22)17-12-6-11-7-13(17)10-20(23,8-11)9-12/h3-5,11-13,17H,6-10H2,1-2H3/t11?,12-,13-,17?,20?/m0/s1. The Morgan fingerprint density at radius 2 is 1.73 bits per heavy atom. The van der Waals surface area contributed by atoms with E-state index in [0.717, 1.165) is 30.9 Å². The van der Waals surface area contributed by atoms with Crippen LogP contribution in [0, 0.1) is 17.8 Å². The van der Waals surface area contributed by atoms with Crippen LogP contribution in [0.15, 0.2) is 18.2 Å². The minimum Gasteiger partial charge on any atom is -0.270 e. The lowest BCUT2D eigenvalue weighted by Crippen LogP contribution is -2.80. The summed E-state index contributed by atoms with van der Waals surface area (Å²) in [6.45, 7) is 3.92. The van der Waals surface area contributed by atoms with Gasteiger partial charge in [0, 0.05) is 4.87 Å². The molecule has 4 bridgehead atoms. The van der Waals surface area contributed by atoms with Crippen molar-refractivity contribution < 1.29 is 4.79 Å². The average Bonchev–Trinajstić information content (AvgIpc) is 2.55. The number of benzene rings is 1. The summed E-state index contributed by atoms with van der Waals surface area (Å²) in [5, 5.41) is 5.10. The molecule has 140 valence electrons. The van der Waals surface area contributed by atoms with Crippen LogP contribution >= 0.6 is 34.8 Å². The van der Waals surface area contributed by atoms with Gasteiger partial charge in [0.25, 0.3) is 5.91 Å². The van der Waals surface area contributed by atoms with E-state index < -0.39 is 5.54 Å². The Kier molecular flexibility index (Phi) is 3.66. The maximum Gasteiger partial charge on any atom is 0.268 e. The van der Waals surface area contributed by atoms with E-state index in [1.165, 1.54) is 12.8 Å².